The molecular weight excluding hydrogens is 334 g/mol. The highest BCUT2D eigenvalue weighted by atomic mass is 35.5. The number of nitrogens with zero attached hydrogens (tertiary/aromatic N) is 2. The second-order valence-electron chi connectivity index (χ2n) is 4.59. The Morgan fingerprint density at radius 1 is 1.35 bits per heavy atom. The van der Waals surface area contributed by atoms with Gasteiger partial charge in [-0.05, 0) is 35.9 Å². The number of thiophene rings is 1. The van der Waals surface area contributed by atoms with Crippen LogP contribution in [0.1, 0.15) is 15.2 Å². The summed E-state index contributed by atoms with van der Waals surface area (Å²) in [5.41, 5.74) is 3.32. The second kappa shape index (κ2) is 6.76. The van der Waals surface area contributed by atoms with Crippen molar-refractivity contribution in [3.63, 3.8) is 0 Å². The van der Waals surface area contributed by atoms with Crippen LogP contribution >= 0.6 is 22.9 Å². The fraction of sp³-hybridized carbons (Fsp3) is 0.0625. The van der Waals surface area contributed by atoms with Crippen molar-refractivity contribution in [2.75, 3.05) is 7.11 Å². The van der Waals surface area contributed by atoms with Gasteiger partial charge in [-0.2, -0.15) is 5.10 Å². The number of hydrogen-bond acceptors (Lipinski definition) is 5. The summed E-state index contributed by atoms with van der Waals surface area (Å²) in [6.07, 6.45) is 4.85. The van der Waals surface area contributed by atoms with Crippen molar-refractivity contribution in [1.82, 2.24) is 10.4 Å². The number of carbonyl (C=O) groups excluding carboxylic acids is 1. The topological polar surface area (TPSA) is 63.6 Å². The lowest BCUT2D eigenvalue weighted by atomic mass is 10.2. The van der Waals surface area contributed by atoms with Gasteiger partial charge < -0.3 is 4.74 Å². The zero-order valence-corrected chi connectivity index (χ0v) is 13.7. The predicted molar refractivity (Wildman–Crippen MR) is 92.7 cm³/mol. The third kappa shape index (κ3) is 3.33. The van der Waals surface area contributed by atoms with Gasteiger partial charge in [0.1, 0.15) is 10.6 Å². The monoisotopic (exact) mass is 345 g/mol. The van der Waals surface area contributed by atoms with Crippen molar-refractivity contribution < 1.29 is 9.53 Å². The first-order valence-corrected chi connectivity index (χ1v) is 7.88. The van der Waals surface area contributed by atoms with E-state index < -0.39 is 0 Å². The Morgan fingerprint density at radius 2 is 2.13 bits per heavy atom. The first-order valence-electron chi connectivity index (χ1n) is 6.68. The van der Waals surface area contributed by atoms with Gasteiger partial charge in [0.15, 0.2) is 0 Å². The van der Waals surface area contributed by atoms with Crippen LogP contribution in [0.15, 0.2) is 47.8 Å². The largest absolute Gasteiger partial charge is 0.497 e. The molecule has 2 aromatic heterocycles. The number of amides is 1. The van der Waals surface area contributed by atoms with E-state index in [0.717, 1.165) is 21.4 Å². The van der Waals surface area contributed by atoms with Crippen molar-refractivity contribution in [2.24, 2.45) is 5.10 Å². The highest BCUT2D eigenvalue weighted by molar-refractivity contribution is 7.21. The second-order valence-corrected chi connectivity index (χ2v) is 6.02. The molecule has 2 heterocycles. The molecule has 1 amide bonds. The fourth-order valence-electron chi connectivity index (χ4n) is 1.98. The summed E-state index contributed by atoms with van der Waals surface area (Å²) >= 11 is 7.59. The Bertz CT molecular complexity index is 878. The molecule has 1 N–H and O–H groups in total. The third-order valence-corrected chi connectivity index (χ3v) is 4.78. The lowest BCUT2D eigenvalue weighted by molar-refractivity contribution is 0.0959. The summed E-state index contributed by atoms with van der Waals surface area (Å²) in [5.74, 6) is 0.374. The summed E-state index contributed by atoms with van der Waals surface area (Å²) in [5, 5.41) is 5.17. The molecule has 5 nitrogen and oxygen atoms in total. The van der Waals surface area contributed by atoms with Gasteiger partial charge in [0, 0.05) is 22.5 Å². The standard InChI is InChI=1S/C16H12ClN3O2S/c1-22-11-2-3-12-13(8-11)23-15(14(12)17)16(21)20-19-9-10-4-6-18-7-5-10/h2-9H,1H3,(H,20,21)/b19-9-. The van der Waals surface area contributed by atoms with Gasteiger partial charge in [0.25, 0.3) is 5.91 Å². The number of methoxy groups -OCH3 is 1. The number of ether oxygens (including phenoxy) is 1. The zero-order chi connectivity index (χ0) is 16.2. The molecule has 0 aliphatic heterocycles. The van der Waals surface area contributed by atoms with Crippen molar-refractivity contribution >= 4 is 45.1 Å². The number of nitrogens with one attached hydrogen (secondary N) is 1. The van der Waals surface area contributed by atoms with Crippen LogP contribution in [-0.4, -0.2) is 24.2 Å². The van der Waals surface area contributed by atoms with Gasteiger partial charge in [-0.3, -0.25) is 9.78 Å². The van der Waals surface area contributed by atoms with Crippen LogP contribution in [0.2, 0.25) is 5.02 Å². The average Bonchev–Trinajstić information content (AvgIpc) is 2.92. The van der Waals surface area contributed by atoms with E-state index in [4.69, 9.17) is 16.3 Å². The molecule has 0 radical (unpaired) electrons. The number of halogens is 1. The van der Waals surface area contributed by atoms with Crippen LogP contribution < -0.4 is 10.2 Å². The smallest absolute Gasteiger partial charge is 0.283 e. The molecule has 0 saturated heterocycles. The van der Waals surface area contributed by atoms with E-state index in [0.29, 0.717) is 9.90 Å². The number of carbonyl (C=O) groups is 1. The number of rotatable bonds is 4. The van der Waals surface area contributed by atoms with E-state index in [1.54, 1.807) is 37.9 Å². The predicted octanol–water partition coefficient (Wildman–Crippen LogP) is 3.72. The van der Waals surface area contributed by atoms with Crippen molar-refractivity contribution in [3.8, 4) is 5.75 Å². The normalized spacial score (nSPS) is 11.0. The van der Waals surface area contributed by atoms with Gasteiger partial charge >= 0.3 is 0 Å². The summed E-state index contributed by atoms with van der Waals surface area (Å²) < 4.78 is 6.07. The molecule has 0 saturated carbocycles. The molecule has 0 fully saturated rings. The summed E-state index contributed by atoms with van der Waals surface area (Å²) in [4.78, 5) is 16.6. The molecule has 0 aliphatic carbocycles. The van der Waals surface area contributed by atoms with Crippen molar-refractivity contribution in [2.45, 2.75) is 0 Å². The van der Waals surface area contributed by atoms with Gasteiger partial charge in [-0.25, -0.2) is 5.43 Å². The summed E-state index contributed by atoms with van der Waals surface area (Å²) in [6, 6.07) is 9.07. The van der Waals surface area contributed by atoms with Crippen LogP contribution in [0.5, 0.6) is 5.75 Å². The Balaban J connectivity index is 1.81. The molecule has 0 unspecified atom stereocenters. The first kappa shape index (κ1) is 15.5. The molecule has 0 atom stereocenters. The Morgan fingerprint density at radius 3 is 2.87 bits per heavy atom. The molecule has 3 aromatic rings. The highest BCUT2D eigenvalue weighted by Crippen LogP contribution is 2.37. The van der Waals surface area contributed by atoms with E-state index in [9.17, 15) is 4.79 Å². The van der Waals surface area contributed by atoms with Crippen LogP contribution in [0.4, 0.5) is 0 Å². The maximum absolute atomic E-state index is 12.2. The van der Waals surface area contributed by atoms with Gasteiger partial charge in [0.2, 0.25) is 0 Å². The molecule has 23 heavy (non-hydrogen) atoms. The SMILES string of the molecule is COc1ccc2c(Cl)c(C(=O)N/N=C\c3ccncc3)sc2c1. The van der Waals surface area contributed by atoms with E-state index >= 15 is 0 Å². The van der Waals surface area contributed by atoms with Crippen molar-refractivity contribution in [1.29, 1.82) is 0 Å². The summed E-state index contributed by atoms with van der Waals surface area (Å²) in [7, 11) is 1.60. The summed E-state index contributed by atoms with van der Waals surface area (Å²) in [6.45, 7) is 0. The third-order valence-electron chi connectivity index (χ3n) is 3.13. The number of fused-ring (bicyclic) bond motifs is 1. The first-order chi connectivity index (χ1) is 11.2. The van der Waals surface area contributed by atoms with Crippen LogP contribution in [-0.2, 0) is 0 Å². The van der Waals surface area contributed by atoms with Crippen molar-refractivity contribution in [3.05, 3.63) is 58.2 Å². The minimum Gasteiger partial charge on any atom is -0.497 e. The lowest BCUT2D eigenvalue weighted by Crippen LogP contribution is -2.16. The van der Waals surface area contributed by atoms with Gasteiger partial charge in [0.05, 0.1) is 18.3 Å². The Kier molecular flexibility index (Phi) is 4.55. The molecule has 1 aromatic carbocycles. The fourth-order valence-corrected chi connectivity index (χ4v) is 3.42. The van der Waals surface area contributed by atoms with E-state index in [1.165, 1.54) is 11.3 Å². The maximum atomic E-state index is 12.2. The quantitative estimate of drug-likeness (QED) is 0.579. The van der Waals surface area contributed by atoms with Crippen LogP contribution in [0.3, 0.4) is 0 Å². The number of aromatic nitrogens is 1. The van der Waals surface area contributed by atoms with Gasteiger partial charge in [-0.15, -0.1) is 11.3 Å². The molecular formula is C16H12ClN3O2S. The number of benzene rings is 1. The molecule has 0 spiro atoms. The Hall–Kier alpha value is -2.44. The molecule has 7 heteroatoms. The van der Waals surface area contributed by atoms with Gasteiger partial charge in [-0.1, -0.05) is 11.6 Å². The van der Waals surface area contributed by atoms with E-state index in [2.05, 4.69) is 15.5 Å². The molecule has 0 bridgehead atoms. The number of hydrazone groups is 1. The molecule has 116 valence electrons. The number of pyridine rings is 1. The van der Waals surface area contributed by atoms with E-state index in [-0.39, 0.29) is 5.91 Å². The van der Waals surface area contributed by atoms with E-state index in [1.807, 2.05) is 18.2 Å². The van der Waals surface area contributed by atoms with Crippen LogP contribution in [0.25, 0.3) is 10.1 Å². The minimum absolute atomic E-state index is 0.347. The highest BCUT2D eigenvalue weighted by Gasteiger charge is 2.17. The number of hydrogen-bond donors (Lipinski definition) is 1. The van der Waals surface area contributed by atoms with Crippen LogP contribution in [0, 0.1) is 0 Å². The maximum Gasteiger partial charge on any atom is 0.283 e. The Labute approximate surface area is 141 Å². The zero-order valence-electron chi connectivity index (χ0n) is 12.1. The molecule has 3 rings (SSSR count). The lowest BCUT2D eigenvalue weighted by Gasteiger charge is -1.98. The average molecular weight is 346 g/mol. The molecule has 0 aliphatic rings. The minimum atomic E-state index is -0.347.